The van der Waals surface area contributed by atoms with Crippen LogP contribution in [0.25, 0.3) is 5.82 Å². The molecule has 0 unspecified atom stereocenters. The maximum Gasteiger partial charge on any atom is 0.341 e. The molecule has 28 heavy (non-hydrogen) atoms. The summed E-state index contributed by atoms with van der Waals surface area (Å²) < 4.78 is 19.1. The highest BCUT2D eigenvalue weighted by Crippen LogP contribution is 2.35. The number of carbonyl (C=O) groups excluding carboxylic acids is 1. The van der Waals surface area contributed by atoms with Crippen molar-refractivity contribution in [1.82, 2.24) is 14.8 Å². The number of hydrogen-bond donors (Lipinski definition) is 0. The van der Waals surface area contributed by atoms with Gasteiger partial charge in [0.25, 0.3) is 0 Å². The zero-order valence-corrected chi connectivity index (χ0v) is 16.8. The van der Waals surface area contributed by atoms with Gasteiger partial charge in [0.15, 0.2) is 17.3 Å². The lowest BCUT2D eigenvalue weighted by molar-refractivity contribution is 0.0470. The minimum Gasteiger partial charge on any atom is -0.486 e. The second-order valence-corrected chi connectivity index (χ2v) is 6.98. The van der Waals surface area contributed by atoms with Crippen LogP contribution in [-0.2, 0) is 17.8 Å². The lowest BCUT2D eigenvalue weighted by Crippen LogP contribution is -2.16. The number of ether oxygens (including phenoxy) is 3. The highest BCUT2D eigenvalue weighted by molar-refractivity contribution is 9.10. The molecule has 0 fully saturated rings. The molecule has 0 saturated heterocycles. The van der Waals surface area contributed by atoms with Crippen molar-refractivity contribution in [2.45, 2.75) is 20.0 Å². The molecule has 3 heterocycles. The van der Waals surface area contributed by atoms with Crippen LogP contribution in [0.4, 0.5) is 0 Å². The van der Waals surface area contributed by atoms with Gasteiger partial charge in [-0.1, -0.05) is 28.9 Å². The van der Waals surface area contributed by atoms with Crippen molar-refractivity contribution >= 4 is 21.9 Å². The van der Waals surface area contributed by atoms with E-state index in [1.54, 1.807) is 10.9 Å². The summed E-state index contributed by atoms with van der Waals surface area (Å²) in [4.78, 5) is 17.0. The minimum atomic E-state index is -0.430. The molecule has 0 spiro atoms. The summed E-state index contributed by atoms with van der Waals surface area (Å²) in [6, 6.07) is 9.20. The van der Waals surface area contributed by atoms with Gasteiger partial charge in [0.05, 0.1) is 11.9 Å². The molecule has 0 amide bonds. The first-order chi connectivity index (χ1) is 13.7. The molecule has 8 heteroatoms. The first kappa shape index (κ1) is 18.5. The largest absolute Gasteiger partial charge is 0.486 e. The Morgan fingerprint density at radius 3 is 2.75 bits per heavy atom. The Bertz CT molecular complexity index is 1000. The Morgan fingerprint density at radius 1 is 1.25 bits per heavy atom. The third-order valence-electron chi connectivity index (χ3n) is 4.36. The molecule has 144 valence electrons. The zero-order valence-electron chi connectivity index (χ0n) is 15.2. The number of hydrogen-bond acceptors (Lipinski definition) is 6. The quantitative estimate of drug-likeness (QED) is 0.559. The van der Waals surface area contributed by atoms with Crippen LogP contribution < -0.4 is 9.47 Å². The molecule has 2 aromatic heterocycles. The standard InChI is InChI=1S/C20H18BrN3O4/c1-2-16-14(11-23-24(16)19-5-3-4-6-22-19)20(25)28-12-13-9-17-18(10-15(13)21)27-8-7-26-17/h3-6,9-11H,2,7-8,12H2,1H3. The van der Waals surface area contributed by atoms with Gasteiger partial charge in [-0.2, -0.15) is 5.10 Å². The average Bonchev–Trinajstić information content (AvgIpc) is 3.17. The minimum absolute atomic E-state index is 0.105. The fourth-order valence-electron chi connectivity index (χ4n) is 3.00. The fourth-order valence-corrected chi connectivity index (χ4v) is 3.44. The summed E-state index contributed by atoms with van der Waals surface area (Å²) in [5, 5.41) is 4.32. The molecule has 0 saturated carbocycles. The van der Waals surface area contributed by atoms with Crippen LogP contribution in [0.15, 0.2) is 47.2 Å². The predicted octanol–water partition coefficient (Wildman–Crippen LogP) is 3.72. The van der Waals surface area contributed by atoms with Crippen LogP contribution in [0.2, 0.25) is 0 Å². The van der Waals surface area contributed by atoms with Crippen LogP contribution in [0.1, 0.15) is 28.5 Å². The van der Waals surface area contributed by atoms with Crippen molar-refractivity contribution in [1.29, 1.82) is 0 Å². The van der Waals surface area contributed by atoms with E-state index in [1.807, 2.05) is 37.3 Å². The van der Waals surface area contributed by atoms with Gasteiger partial charge in [-0.05, 0) is 30.7 Å². The van der Waals surface area contributed by atoms with E-state index >= 15 is 0 Å². The molecule has 0 N–H and O–H groups in total. The normalized spacial score (nSPS) is 12.6. The number of benzene rings is 1. The number of halogens is 1. The predicted molar refractivity (Wildman–Crippen MR) is 105 cm³/mol. The zero-order chi connectivity index (χ0) is 19.5. The van der Waals surface area contributed by atoms with E-state index in [0.29, 0.717) is 42.5 Å². The molecule has 3 aromatic rings. The van der Waals surface area contributed by atoms with E-state index < -0.39 is 5.97 Å². The second-order valence-electron chi connectivity index (χ2n) is 6.12. The second kappa shape index (κ2) is 8.02. The molecule has 0 bridgehead atoms. The number of pyridine rings is 1. The fraction of sp³-hybridized carbons (Fsp3) is 0.250. The van der Waals surface area contributed by atoms with Gasteiger partial charge >= 0.3 is 5.97 Å². The summed E-state index contributed by atoms with van der Waals surface area (Å²) in [6.07, 6.45) is 3.83. The molecule has 1 aliphatic rings. The molecular weight excluding hydrogens is 426 g/mol. The number of carbonyl (C=O) groups is 1. The maximum absolute atomic E-state index is 12.7. The van der Waals surface area contributed by atoms with E-state index in [2.05, 4.69) is 26.0 Å². The molecule has 0 atom stereocenters. The van der Waals surface area contributed by atoms with Gasteiger partial charge in [-0.3, -0.25) is 0 Å². The van der Waals surface area contributed by atoms with Gasteiger partial charge < -0.3 is 14.2 Å². The third-order valence-corrected chi connectivity index (χ3v) is 5.10. The lowest BCUT2D eigenvalue weighted by atomic mass is 10.2. The number of fused-ring (bicyclic) bond motifs is 1. The smallest absolute Gasteiger partial charge is 0.341 e. The Morgan fingerprint density at radius 2 is 2.04 bits per heavy atom. The van der Waals surface area contributed by atoms with E-state index in [-0.39, 0.29) is 6.61 Å². The molecule has 7 nitrogen and oxygen atoms in total. The first-order valence-electron chi connectivity index (χ1n) is 8.90. The van der Waals surface area contributed by atoms with Gasteiger partial charge in [0.1, 0.15) is 25.4 Å². The summed E-state index contributed by atoms with van der Waals surface area (Å²) in [7, 11) is 0. The van der Waals surface area contributed by atoms with Crippen molar-refractivity contribution in [3.63, 3.8) is 0 Å². The van der Waals surface area contributed by atoms with Crippen LogP contribution in [0.3, 0.4) is 0 Å². The highest BCUT2D eigenvalue weighted by atomic mass is 79.9. The Hall–Kier alpha value is -2.87. The Labute approximate surface area is 170 Å². The summed E-state index contributed by atoms with van der Waals surface area (Å²) in [5.74, 6) is 1.56. The Kier molecular flexibility index (Phi) is 5.29. The van der Waals surface area contributed by atoms with Gasteiger partial charge in [0, 0.05) is 16.2 Å². The van der Waals surface area contributed by atoms with E-state index in [1.165, 1.54) is 6.20 Å². The van der Waals surface area contributed by atoms with Crippen molar-refractivity contribution in [3.05, 3.63) is 64.0 Å². The van der Waals surface area contributed by atoms with Crippen molar-refractivity contribution in [2.24, 2.45) is 0 Å². The van der Waals surface area contributed by atoms with Gasteiger partial charge in [0.2, 0.25) is 0 Å². The number of rotatable bonds is 5. The van der Waals surface area contributed by atoms with E-state index in [0.717, 1.165) is 15.7 Å². The Balaban J connectivity index is 1.53. The molecule has 0 radical (unpaired) electrons. The highest BCUT2D eigenvalue weighted by Gasteiger charge is 2.20. The van der Waals surface area contributed by atoms with Crippen molar-refractivity contribution in [2.75, 3.05) is 13.2 Å². The average molecular weight is 444 g/mol. The molecule has 4 rings (SSSR count). The van der Waals surface area contributed by atoms with Crippen LogP contribution in [0, 0.1) is 0 Å². The molecule has 1 aromatic carbocycles. The van der Waals surface area contributed by atoms with Gasteiger partial charge in [-0.25, -0.2) is 14.5 Å². The molecule has 0 aliphatic carbocycles. The monoisotopic (exact) mass is 443 g/mol. The topological polar surface area (TPSA) is 75.5 Å². The summed E-state index contributed by atoms with van der Waals surface area (Å²) in [6.45, 7) is 3.09. The summed E-state index contributed by atoms with van der Waals surface area (Å²) >= 11 is 3.49. The first-order valence-corrected chi connectivity index (χ1v) is 9.70. The van der Waals surface area contributed by atoms with Crippen molar-refractivity contribution < 1.29 is 19.0 Å². The SMILES string of the molecule is CCc1c(C(=O)OCc2cc3c(cc2Br)OCCO3)cnn1-c1ccccn1. The molecular formula is C20H18BrN3O4. The number of nitrogens with zero attached hydrogens (tertiary/aromatic N) is 3. The number of aromatic nitrogens is 3. The third kappa shape index (κ3) is 3.60. The molecule has 1 aliphatic heterocycles. The lowest BCUT2D eigenvalue weighted by Gasteiger charge is -2.19. The summed E-state index contributed by atoms with van der Waals surface area (Å²) in [5.41, 5.74) is 1.99. The van der Waals surface area contributed by atoms with Crippen molar-refractivity contribution in [3.8, 4) is 17.3 Å². The van der Waals surface area contributed by atoms with Crippen LogP contribution in [-0.4, -0.2) is 33.9 Å². The van der Waals surface area contributed by atoms with Crippen LogP contribution in [0.5, 0.6) is 11.5 Å². The maximum atomic E-state index is 12.7. The number of esters is 1. The van der Waals surface area contributed by atoms with E-state index in [4.69, 9.17) is 14.2 Å². The van der Waals surface area contributed by atoms with E-state index in [9.17, 15) is 4.79 Å². The van der Waals surface area contributed by atoms with Gasteiger partial charge in [-0.15, -0.1) is 0 Å². The van der Waals surface area contributed by atoms with Crippen LogP contribution >= 0.6 is 15.9 Å².